The van der Waals surface area contributed by atoms with Crippen LogP contribution in [0.1, 0.15) is 5.56 Å². The second-order valence-electron chi connectivity index (χ2n) is 5.13. The molecule has 5 nitrogen and oxygen atoms in total. The normalized spacial score (nSPS) is 33.5. The number of aryl methyl sites for hydroxylation is 1. The summed E-state index contributed by atoms with van der Waals surface area (Å²) in [5.74, 6) is 0. The van der Waals surface area contributed by atoms with E-state index in [-0.39, 0.29) is 4.90 Å². The number of epoxide rings is 2. The third-order valence-electron chi connectivity index (χ3n) is 3.74. The molecule has 0 aromatic heterocycles. The van der Waals surface area contributed by atoms with Gasteiger partial charge in [-0.25, -0.2) is 8.42 Å². The standard InChI is InChI=1S/C14H16O5S/c1-3-12-14(19-12,13(15)11-8-18-11)20(16,17)10-6-4-9(2)5-7-10/h3-7,11-13,15H,1,8H2,2H3/t11-,12+,13-,14-/m1/s1. The number of rotatable bonds is 5. The number of hydrogen-bond donors (Lipinski definition) is 1. The Bertz CT molecular complexity index is 632. The van der Waals surface area contributed by atoms with Gasteiger partial charge in [0.05, 0.1) is 11.5 Å². The maximum atomic E-state index is 12.8. The number of ether oxygens (including phenoxy) is 2. The molecule has 20 heavy (non-hydrogen) atoms. The quantitative estimate of drug-likeness (QED) is 0.642. The van der Waals surface area contributed by atoms with E-state index >= 15 is 0 Å². The maximum absolute atomic E-state index is 12.8. The summed E-state index contributed by atoms with van der Waals surface area (Å²) in [5, 5.41) is 10.3. The van der Waals surface area contributed by atoms with Crippen molar-refractivity contribution in [2.75, 3.05) is 6.61 Å². The van der Waals surface area contributed by atoms with Gasteiger partial charge in [0.2, 0.25) is 14.8 Å². The molecule has 2 aliphatic heterocycles. The average molecular weight is 296 g/mol. The van der Waals surface area contributed by atoms with E-state index in [0.29, 0.717) is 6.61 Å². The van der Waals surface area contributed by atoms with Crippen molar-refractivity contribution in [3.63, 3.8) is 0 Å². The molecule has 0 unspecified atom stereocenters. The van der Waals surface area contributed by atoms with Crippen LogP contribution in [0, 0.1) is 6.92 Å². The van der Waals surface area contributed by atoms with Crippen molar-refractivity contribution in [3.05, 3.63) is 42.5 Å². The van der Waals surface area contributed by atoms with Crippen LogP contribution in [0.25, 0.3) is 0 Å². The largest absolute Gasteiger partial charge is 0.386 e. The third-order valence-corrected chi connectivity index (χ3v) is 6.04. The second-order valence-corrected chi connectivity index (χ2v) is 7.25. The van der Waals surface area contributed by atoms with Gasteiger partial charge in [0.15, 0.2) is 0 Å². The Morgan fingerprint density at radius 2 is 2.05 bits per heavy atom. The molecule has 0 radical (unpaired) electrons. The summed E-state index contributed by atoms with van der Waals surface area (Å²) < 4.78 is 35.9. The Hall–Kier alpha value is -1.21. The van der Waals surface area contributed by atoms with Gasteiger partial charge in [-0.15, -0.1) is 6.58 Å². The van der Waals surface area contributed by atoms with Gasteiger partial charge in [-0.05, 0) is 19.1 Å². The highest BCUT2D eigenvalue weighted by atomic mass is 32.2. The van der Waals surface area contributed by atoms with Crippen molar-refractivity contribution in [2.24, 2.45) is 0 Å². The number of aliphatic hydroxyl groups excluding tert-OH is 1. The highest BCUT2D eigenvalue weighted by molar-refractivity contribution is 7.93. The maximum Gasteiger partial charge on any atom is 0.232 e. The zero-order valence-electron chi connectivity index (χ0n) is 11.0. The van der Waals surface area contributed by atoms with Crippen LogP contribution in [0.5, 0.6) is 0 Å². The lowest BCUT2D eigenvalue weighted by atomic mass is 10.1. The highest BCUT2D eigenvalue weighted by Crippen LogP contribution is 2.50. The molecule has 108 valence electrons. The minimum atomic E-state index is -3.83. The summed E-state index contributed by atoms with van der Waals surface area (Å²) in [7, 11) is -3.83. The zero-order chi connectivity index (χ0) is 14.5. The lowest BCUT2D eigenvalue weighted by Crippen LogP contribution is -2.43. The molecule has 2 aliphatic rings. The van der Waals surface area contributed by atoms with Crippen LogP contribution in [0.3, 0.4) is 0 Å². The van der Waals surface area contributed by atoms with E-state index < -0.39 is 33.1 Å². The van der Waals surface area contributed by atoms with E-state index in [1.54, 1.807) is 12.1 Å². The third kappa shape index (κ3) is 1.83. The summed E-state index contributed by atoms with van der Waals surface area (Å²) in [6.45, 7) is 5.78. The molecule has 0 saturated carbocycles. The van der Waals surface area contributed by atoms with Crippen molar-refractivity contribution in [3.8, 4) is 0 Å². The van der Waals surface area contributed by atoms with E-state index in [0.717, 1.165) is 5.56 Å². The van der Waals surface area contributed by atoms with Gasteiger partial charge in [0.25, 0.3) is 0 Å². The molecule has 0 amide bonds. The molecule has 0 spiro atoms. The van der Waals surface area contributed by atoms with Crippen molar-refractivity contribution >= 4 is 9.84 Å². The molecule has 2 fully saturated rings. The van der Waals surface area contributed by atoms with Gasteiger partial charge in [-0.2, -0.15) is 0 Å². The molecule has 1 aromatic rings. The van der Waals surface area contributed by atoms with E-state index in [1.165, 1.54) is 18.2 Å². The molecular weight excluding hydrogens is 280 g/mol. The number of benzene rings is 1. The molecule has 1 N–H and O–H groups in total. The van der Waals surface area contributed by atoms with Crippen molar-refractivity contribution in [1.29, 1.82) is 0 Å². The number of hydrogen-bond acceptors (Lipinski definition) is 5. The van der Waals surface area contributed by atoms with Crippen LogP contribution < -0.4 is 0 Å². The first kappa shape index (κ1) is 13.8. The first-order valence-electron chi connectivity index (χ1n) is 6.35. The minimum absolute atomic E-state index is 0.132. The van der Waals surface area contributed by atoms with Gasteiger partial charge in [0, 0.05) is 0 Å². The van der Waals surface area contributed by atoms with E-state index in [2.05, 4.69) is 6.58 Å². The molecule has 2 heterocycles. The van der Waals surface area contributed by atoms with Crippen molar-refractivity contribution < 1.29 is 23.0 Å². The van der Waals surface area contributed by atoms with Crippen LogP contribution in [0.4, 0.5) is 0 Å². The predicted octanol–water partition coefficient (Wildman–Crippen LogP) is 0.810. The summed E-state index contributed by atoms with van der Waals surface area (Å²) in [4.78, 5) is -1.53. The van der Waals surface area contributed by atoms with E-state index in [1.807, 2.05) is 6.92 Å². The lowest BCUT2D eigenvalue weighted by Gasteiger charge is -2.18. The molecule has 4 atom stereocenters. The van der Waals surface area contributed by atoms with Crippen LogP contribution >= 0.6 is 0 Å². The topological polar surface area (TPSA) is 79.4 Å². The first-order chi connectivity index (χ1) is 9.43. The van der Waals surface area contributed by atoms with Crippen molar-refractivity contribution in [1.82, 2.24) is 0 Å². The minimum Gasteiger partial charge on any atom is -0.386 e. The van der Waals surface area contributed by atoms with Gasteiger partial charge >= 0.3 is 0 Å². The Morgan fingerprint density at radius 1 is 1.45 bits per heavy atom. The van der Waals surface area contributed by atoms with E-state index in [9.17, 15) is 13.5 Å². The fraction of sp³-hybridized carbons (Fsp3) is 0.429. The molecule has 6 heteroatoms. The van der Waals surface area contributed by atoms with Gasteiger partial charge in [-0.1, -0.05) is 23.8 Å². The SMILES string of the molecule is C=C[C@@H]1O[C@@]1([C@H](O)[C@H]1CO1)S(=O)(=O)c1ccc(C)cc1. The molecule has 3 rings (SSSR count). The van der Waals surface area contributed by atoms with Crippen LogP contribution in [-0.2, 0) is 19.3 Å². The molecule has 1 aromatic carbocycles. The zero-order valence-corrected chi connectivity index (χ0v) is 11.8. The van der Waals surface area contributed by atoms with Gasteiger partial charge in [-0.3, -0.25) is 0 Å². The summed E-state index contributed by atoms with van der Waals surface area (Å²) in [5.41, 5.74) is 0.959. The Balaban J connectivity index is 2.03. The lowest BCUT2D eigenvalue weighted by molar-refractivity contribution is 0.0856. The average Bonchev–Trinajstić information content (AvgIpc) is 3.30. The van der Waals surface area contributed by atoms with Gasteiger partial charge in [0.1, 0.15) is 18.3 Å². The molecule has 2 saturated heterocycles. The first-order valence-corrected chi connectivity index (χ1v) is 7.83. The Labute approximate surface area is 117 Å². The Morgan fingerprint density at radius 3 is 2.50 bits per heavy atom. The smallest absolute Gasteiger partial charge is 0.232 e. The summed E-state index contributed by atoms with van der Waals surface area (Å²) in [6, 6.07) is 6.47. The van der Waals surface area contributed by atoms with Crippen molar-refractivity contribution in [2.45, 2.75) is 35.1 Å². The van der Waals surface area contributed by atoms with Gasteiger partial charge < -0.3 is 14.6 Å². The van der Waals surface area contributed by atoms with E-state index in [4.69, 9.17) is 9.47 Å². The second kappa shape index (κ2) is 4.39. The molecule has 0 aliphatic carbocycles. The fourth-order valence-corrected chi connectivity index (χ4v) is 4.35. The monoisotopic (exact) mass is 296 g/mol. The summed E-state index contributed by atoms with van der Waals surface area (Å²) in [6.07, 6.45) is -1.01. The highest BCUT2D eigenvalue weighted by Gasteiger charge is 2.72. The summed E-state index contributed by atoms with van der Waals surface area (Å²) >= 11 is 0. The molecular formula is C14H16O5S. The molecule has 0 bridgehead atoms. The Kier molecular flexibility index (Phi) is 3.02. The number of aliphatic hydroxyl groups is 1. The van der Waals surface area contributed by atoms with Crippen LogP contribution in [0.2, 0.25) is 0 Å². The predicted molar refractivity (Wildman–Crippen MR) is 71.9 cm³/mol. The number of sulfone groups is 1. The van der Waals surface area contributed by atoms with Crippen LogP contribution in [0.15, 0.2) is 41.8 Å². The fourth-order valence-electron chi connectivity index (χ4n) is 2.39. The van der Waals surface area contributed by atoms with Crippen LogP contribution in [-0.4, -0.2) is 43.4 Å².